The number of alkyl halides is 6. The Balaban J connectivity index is 2.11. The van der Waals surface area contributed by atoms with Crippen molar-refractivity contribution >= 4 is 28.3 Å². The second-order valence-electron chi connectivity index (χ2n) is 4.97. The van der Waals surface area contributed by atoms with E-state index in [-0.39, 0.29) is 16.1 Å². The Bertz CT molecular complexity index is 830. The number of nitrogens with two attached hydrogens (primary N) is 1. The van der Waals surface area contributed by atoms with Gasteiger partial charge < -0.3 is 10.5 Å². The van der Waals surface area contributed by atoms with Gasteiger partial charge in [0.2, 0.25) is 0 Å². The lowest BCUT2D eigenvalue weighted by molar-refractivity contribution is -0.143. The zero-order chi connectivity index (χ0) is 20.4. The van der Waals surface area contributed by atoms with Crippen LogP contribution >= 0.6 is 11.3 Å². The minimum Gasteiger partial charge on any atom is -0.484 e. The molecule has 13 heteroatoms. The van der Waals surface area contributed by atoms with Crippen molar-refractivity contribution < 1.29 is 40.7 Å². The molecule has 0 saturated carbocycles. The van der Waals surface area contributed by atoms with E-state index in [9.17, 15) is 35.9 Å². The summed E-state index contributed by atoms with van der Waals surface area (Å²) in [5, 5.41) is 2.12. The summed E-state index contributed by atoms with van der Waals surface area (Å²) in [6.07, 6.45) is -8.98. The fourth-order valence-electron chi connectivity index (χ4n) is 1.76. The number of nitrogens with zero attached hydrogens (tertiary/aromatic N) is 1. The number of ether oxygens (including phenoxy) is 1. The van der Waals surface area contributed by atoms with E-state index in [1.165, 1.54) is 0 Å². The first-order valence-corrected chi connectivity index (χ1v) is 7.65. The van der Waals surface area contributed by atoms with E-state index < -0.39 is 47.7 Å². The topological polar surface area (TPSA) is 94.3 Å². The number of thiazole rings is 1. The molecule has 0 atom stereocenters. The third kappa shape index (κ3) is 5.57. The van der Waals surface area contributed by atoms with E-state index in [1.807, 2.05) is 0 Å². The van der Waals surface area contributed by atoms with Gasteiger partial charge in [0.25, 0.3) is 11.8 Å². The van der Waals surface area contributed by atoms with E-state index >= 15 is 0 Å². The van der Waals surface area contributed by atoms with Gasteiger partial charge in [0, 0.05) is 0 Å². The van der Waals surface area contributed by atoms with E-state index in [1.54, 1.807) is 0 Å². The first-order valence-electron chi connectivity index (χ1n) is 6.84. The van der Waals surface area contributed by atoms with Crippen molar-refractivity contribution in [3.8, 4) is 5.75 Å². The Labute approximate surface area is 150 Å². The molecular weight excluding hydrogens is 404 g/mol. The number of primary amides is 1. The Kier molecular flexibility index (Phi) is 5.63. The largest absolute Gasteiger partial charge is 0.484 e. The van der Waals surface area contributed by atoms with E-state index in [2.05, 4.69) is 10.3 Å². The lowest BCUT2D eigenvalue weighted by atomic mass is 10.1. The number of anilines is 1. The lowest BCUT2D eigenvalue weighted by Gasteiger charge is -2.14. The maximum Gasteiger partial charge on any atom is 0.416 e. The number of hydrogen-bond acceptors (Lipinski definition) is 5. The summed E-state index contributed by atoms with van der Waals surface area (Å²) in [7, 11) is 0. The molecule has 0 aliphatic heterocycles. The summed E-state index contributed by atoms with van der Waals surface area (Å²) < 4.78 is 81.2. The maximum atomic E-state index is 12.7. The average molecular weight is 413 g/mol. The van der Waals surface area contributed by atoms with Crippen LogP contribution in [-0.2, 0) is 17.1 Å². The molecule has 1 heterocycles. The Hall–Kier alpha value is -2.83. The smallest absolute Gasteiger partial charge is 0.416 e. The SMILES string of the molecule is NC(=O)c1cnc(NC(=O)COc2cc(C(F)(F)F)cc(C(F)(F)F)c2)s1. The van der Waals surface area contributed by atoms with Crippen molar-refractivity contribution in [1.82, 2.24) is 4.98 Å². The molecule has 0 spiro atoms. The first kappa shape index (κ1) is 20.5. The molecule has 0 fully saturated rings. The van der Waals surface area contributed by atoms with Gasteiger partial charge in [0.15, 0.2) is 11.7 Å². The third-order valence-electron chi connectivity index (χ3n) is 2.93. The van der Waals surface area contributed by atoms with Gasteiger partial charge in [-0.2, -0.15) is 26.3 Å². The normalized spacial score (nSPS) is 11.9. The standard InChI is InChI=1S/C14H9F6N3O3S/c15-13(16,17)6-1-7(14(18,19)20)3-8(2-6)26-5-10(24)23-12-22-4-9(27-12)11(21)25/h1-4H,5H2,(H2,21,25)(H,22,23,24). The fourth-order valence-corrected chi connectivity index (χ4v) is 2.44. The Morgan fingerprint density at radius 2 is 1.63 bits per heavy atom. The number of rotatable bonds is 5. The zero-order valence-corrected chi connectivity index (χ0v) is 13.8. The number of nitrogens with one attached hydrogen (secondary N) is 1. The molecule has 0 unspecified atom stereocenters. The summed E-state index contributed by atoms with van der Waals surface area (Å²) in [4.78, 5) is 26.3. The number of amides is 2. The van der Waals surface area contributed by atoms with Crippen LogP contribution in [0.15, 0.2) is 24.4 Å². The zero-order valence-electron chi connectivity index (χ0n) is 12.9. The number of carbonyl (C=O) groups excluding carboxylic acids is 2. The molecule has 0 bridgehead atoms. The Morgan fingerprint density at radius 1 is 1.07 bits per heavy atom. The van der Waals surface area contributed by atoms with E-state index in [4.69, 9.17) is 10.5 Å². The summed E-state index contributed by atoms with van der Waals surface area (Å²) in [6, 6.07) is 0.627. The second-order valence-corrected chi connectivity index (χ2v) is 6.00. The molecular formula is C14H9F6N3O3S. The highest BCUT2D eigenvalue weighted by atomic mass is 32.1. The van der Waals surface area contributed by atoms with Gasteiger partial charge in [-0.3, -0.25) is 14.9 Å². The molecule has 146 valence electrons. The average Bonchev–Trinajstić information content (AvgIpc) is 3.00. The molecule has 6 nitrogen and oxygen atoms in total. The van der Waals surface area contributed by atoms with E-state index in [0.717, 1.165) is 17.5 Å². The second kappa shape index (κ2) is 7.42. The van der Waals surface area contributed by atoms with Crippen molar-refractivity contribution in [3.63, 3.8) is 0 Å². The molecule has 1 aromatic heterocycles. The molecule has 2 amide bonds. The summed E-state index contributed by atoms with van der Waals surface area (Å²) in [5.41, 5.74) is 1.86. The van der Waals surface area contributed by atoms with Gasteiger partial charge in [0.05, 0.1) is 17.3 Å². The van der Waals surface area contributed by atoms with E-state index in [0.29, 0.717) is 12.1 Å². The van der Waals surface area contributed by atoms with Crippen molar-refractivity contribution in [1.29, 1.82) is 0 Å². The van der Waals surface area contributed by atoms with Crippen LogP contribution in [0, 0.1) is 0 Å². The molecule has 2 aromatic rings. The van der Waals surface area contributed by atoms with Gasteiger partial charge in [-0.05, 0) is 18.2 Å². The van der Waals surface area contributed by atoms with Crippen molar-refractivity contribution in [2.24, 2.45) is 5.73 Å². The molecule has 0 aliphatic carbocycles. The highest BCUT2D eigenvalue weighted by molar-refractivity contribution is 7.17. The molecule has 3 N–H and O–H groups in total. The fraction of sp³-hybridized carbons (Fsp3) is 0.214. The highest BCUT2D eigenvalue weighted by Crippen LogP contribution is 2.38. The van der Waals surface area contributed by atoms with Crippen LogP contribution in [0.2, 0.25) is 0 Å². The third-order valence-corrected chi connectivity index (χ3v) is 3.85. The molecule has 1 aromatic carbocycles. The minimum absolute atomic E-state index is 0.0407. The maximum absolute atomic E-state index is 12.7. The predicted molar refractivity (Wildman–Crippen MR) is 81.2 cm³/mol. The highest BCUT2D eigenvalue weighted by Gasteiger charge is 2.37. The van der Waals surface area contributed by atoms with Crippen LogP contribution in [0.5, 0.6) is 5.75 Å². The van der Waals surface area contributed by atoms with Crippen LogP contribution in [0.25, 0.3) is 0 Å². The molecule has 0 saturated heterocycles. The van der Waals surface area contributed by atoms with Crippen LogP contribution in [-0.4, -0.2) is 23.4 Å². The minimum atomic E-state index is -5.03. The van der Waals surface area contributed by atoms with Gasteiger partial charge in [-0.15, -0.1) is 0 Å². The van der Waals surface area contributed by atoms with Crippen molar-refractivity contribution in [3.05, 3.63) is 40.4 Å². The van der Waals surface area contributed by atoms with Gasteiger partial charge in [-0.25, -0.2) is 4.98 Å². The van der Waals surface area contributed by atoms with Gasteiger partial charge in [-0.1, -0.05) is 11.3 Å². The number of hydrogen-bond donors (Lipinski definition) is 2. The number of halogens is 6. The summed E-state index contributed by atoms with van der Waals surface area (Å²) >= 11 is 0.732. The number of aromatic nitrogens is 1. The summed E-state index contributed by atoms with van der Waals surface area (Å²) in [5.74, 6) is -2.48. The Morgan fingerprint density at radius 3 is 2.07 bits per heavy atom. The molecule has 0 aliphatic rings. The lowest BCUT2D eigenvalue weighted by Crippen LogP contribution is -2.20. The number of benzene rings is 1. The van der Waals surface area contributed by atoms with Gasteiger partial charge in [0.1, 0.15) is 10.6 Å². The predicted octanol–water partition coefficient (Wildman–Crippen LogP) is 3.30. The molecule has 0 radical (unpaired) electrons. The number of carbonyl (C=O) groups is 2. The van der Waals surface area contributed by atoms with Gasteiger partial charge >= 0.3 is 12.4 Å². The van der Waals surface area contributed by atoms with Crippen LogP contribution < -0.4 is 15.8 Å². The monoisotopic (exact) mass is 413 g/mol. The van der Waals surface area contributed by atoms with Crippen molar-refractivity contribution in [2.75, 3.05) is 11.9 Å². The molecule has 27 heavy (non-hydrogen) atoms. The van der Waals surface area contributed by atoms with Crippen LogP contribution in [0.3, 0.4) is 0 Å². The molecule has 2 rings (SSSR count). The van der Waals surface area contributed by atoms with Crippen LogP contribution in [0.1, 0.15) is 20.8 Å². The van der Waals surface area contributed by atoms with Crippen LogP contribution in [0.4, 0.5) is 31.5 Å². The summed E-state index contributed by atoms with van der Waals surface area (Å²) in [6.45, 7) is -0.885. The first-order chi connectivity index (χ1) is 12.4. The van der Waals surface area contributed by atoms with Crippen molar-refractivity contribution in [2.45, 2.75) is 12.4 Å². The quantitative estimate of drug-likeness (QED) is 0.736.